The number of nitrogens with zero attached hydrogens (tertiary/aromatic N) is 2. The van der Waals surface area contributed by atoms with Crippen molar-refractivity contribution in [2.75, 3.05) is 31.6 Å². The van der Waals surface area contributed by atoms with E-state index in [1.54, 1.807) is 60.7 Å². The lowest BCUT2D eigenvalue weighted by atomic mass is 10.2. The molecule has 2 amide bonds. The molecule has 190 valence electrons. The maximum Gasteiger partial charge on any atom is 0.337 e. The van der Waals surface area contributed by atoms with Crippen LogP contribution in [0.5, 0.6) is 11.5 Å². The van der Waals surface area contributed by atoms with Gasteiger partial charge in [0.1, 0.15) is 5.76 Å². The lowest BCUT2D eigenvalue weighted by Crippen LogP contribution is -2.36. The summed E-state index contributed by atoms with van der Waals surface area (Å²) in [5, 5.41) is 3.15. The molecule has 0 fully saturated rings. The number of aromatic nitrogens is 2. The number of nitrogens with one attached hydrogen (secondary N) is 3. The van der Waals surface area contributed by atoms with Crippen molar-refractivity contribution < 1.29 is 19.0 Å². The van der Waals surface area contributed by atoms with E-state index in [1.165, 1.54) is 18.8 Å². The first-order valence-electron chi connectivity index (χ1n) is 11.4. The van der Waals surface area contributed by atoms with Crippen LogP contribution in [0.2, 0.25) is 0 Å². The Labute approximate surface area is 213 Å². The first-order chi connectivity index (χ1) is 17.9. The number of para-hydroxylation sites is 1. The zero-order chi connectivity index (χ0) is 26.4. The van der Waals surface area contributed by atoms with Gasteiger partial charge in [-0.25, -0.2) is 19.8 Å². The monoisotopic (exact) mass is 501 g/mol. The molecule has 0 saturated heterocycles. The topological polar surface area (TPSA) is 116 Å². The Bertz CT molecular complexity index is 1520. The average molecular weight is 502 g/mol. The molecule has 4 aromatic rings. The van der Waals surface area contributed by atoms with Gasteiger partial charge in [0.2, 0.25) is 5.95 Å². The van der Waals surface area contributed by atoms with Crippen LogP contribution in [0.25, 0.3) is 22.3 Å². The molecule has 10 nitrogen and oxygen atoms in total. The van der Waals surface area contributed by atoms with Crippen LogP contribution in [0.1, 0.15) is 12.5 Å². The molecule has 1 aromatic heterocycles. The number of methoxy groups -OCH3 is 2. The summed E-state index contributed by atoms with van der Waals surface area (Å²) in [6.45, 7) is 6.24. The first-order valence-corrected chi connectivity index (χ1v) is 11.4. The number of anilines is 2. The van der Waals surface area contributed by atoms with E-state index in [2.05, 4.69) is 27.7 Å². The van der Waals surface area contributed by atoms with Gasteiger partial charge < -0.3 is 19.5 Å². The van der Waals surface area contributed by atoms with E-state index in [4.69, 9.17) is 14.2 Å². The third-order valence-corrected chi connectivity index (χ3v) is 5.45. The molecule has 3 N–H and O–H groups in total. The Morgan fingerprint density at radius 2 is 1.78 bits per heavy atom. The molecule has 0 saturated carbocycles. The minimum Gasteiger partial charge on any atom is -0.494 e. The quantitative estimate of drug-likeness (QED) is 0.227. The van der Waals surface area contributed by atoms with Crippen LogP contribution in [0.3, 0.4) is 0 Å². The van der Waals surface area contributed by atoms with Gasteiger partial charge in [0, 0.05) is 17.3 Å². The van der Waals surface area contributed by atoms with Crippen LogP contribution in [0, 0.1) is 0 Å². The normalized spacial score (nSPS) is 10.5. The fourth-order valence-corrected chi connectivity index (χ4v) is 3.72. The highest BCUT2D eigenvalue weighted by molar-refractivity contribution is 5.90. The summed E-state index contributed by atoms with van der Waals surface area (Å²) >= 11 is 0. The Balaban J connectivity index is 1.63. The molecule has 10 heteroatoms. The molecule has 0 aliphatic rings. The van der Waals surface area contributed by atoms with Crippen LogP contribution in [-0.2, 0) is 4.74 Å². The molecular weight excluding hydrogens is 474 g/mol. The number of rotatable bonds is 9. The van der Waals surface area contributed by atoms with Crippen molar-refractivity contribution in [2.24, 2.45) is 0 Å². The van der Waals surface area contributed by atoms with E-state index in [-0.39, 0.29) is 11.5 Å². The molecule has 0 aliphatic carbocycles. The van der Waals surface area contributed by atoms with Gasteiger partial charge in [-0.1, -0.05) is 30.8 Å². The van der Waals surface area contributed by atoms with Gasteiger partial charge in [-0.05, 0) is 43.3 Å². The van der Waals surface area contributed by atoms with Crippen molar-refractivity contribution in [3.8, 4) is 17.2 Å². The summed E-state index contributed by atoms with van der Waals surface area (Å²) in [4.78, 5) is 30.7. The van der Waals surface area contributed by atoms with Gasteiger partial charge in [-0.3, -0.25) is 10.2 Å². The Morgan fingerprint density at radius 1 is 1.00 bits per heavy atom. The van der Waals surface area contributed by atoms with E-state index in [1.807, 2.05) is 13.0 Å². The molecule has 0 bridgehead atoms. The largest absolute Gasteiger partial charge is 0.494 e. The molecule has 0 spiro atoms. The summed E-state index contributed by atoms with van der Waals surface area (Å²) in [6.07, 6.45) is 0. The summed E-state index contributed by atoms with van der Waals surface area (Å²) in [7, 11) is 3.03. The highest BCUT2D eigenvalue weighted by atomic mass is 16.5. The van der Waals surface area contributed by atoms with Gasteiger partial charge in [-0.15, -0.1) is 0 Å². The average Bonchev–Trinajstić information content (AvgIpc) is 2.92. The van der Waals surface area contributed by atoms with E-state index in [0.717, 1.165) is 5.56 Å². The van der Waals surface area contributed by atoms with Gasteiger partial charge in [0.25, 0.3) is 5.56 Å². The summed E-state index contributed by atoms with van der Waals surface area (Å²) in [6, 6.07) is 18.5. The minimum atomic E-state index is -0.569. The zero-order valence-corrected chi connectivity index (χ0v) is 20.7. The number of hydrogen-bond acceptors (Lipinski definition) is 7. The number of fused-ring (bicyclic) bond motifs is 1. The second kappa shape index (κ2) is 11.2. The second-order valence-corrected chi connectivity index (χ2v) is 7.77. The maximum absolute atomic E-state index is 13.5. The van der Waals surface area contributed by atoms with Crippen LogP contribution >= 0.6 is 0 Å². The molecule has 3 aromatic carbocycles. The smallest absolute Gasteiger partial charge is 0.337 e. The molecule has 4 rings (SSSR count). The standard InChI is InChI=1S/C27H27N5O5/c1-5-37-17(2)18-9-8-10-19(15-18)28-27(34)31-30-26-29-22-12-7-6-11-21(22)25(33)32(26)20-13-14-23(35-3)24(16-20)36-4/h6-16H,2,5H2,1,3-4H3,(H,29,30)(H2,28,31,34). The summed E-state index contributed by atoms with van der Waals surface area (Å²) < 4.78 is 17.5. The SMILES string of the molecule is C=C(OCC)c1cccc(NC(=O)NNc2nc3ccccc3c(=O)n2-c2ccc(OC)c(OC)c2)c1. The number of carbonyl (C=O) groups excluding carboxylic acids is 1. The van der Waals surface area contributed by atoms with E-state index < -0.39 is 6.03 Å². The summed E-state index contributed by atoms with van der Waals surface area (Å²) in [5.41, 5.74) is 7.18. The number of hydrazine groups is 1. The molecule has 0 unspecified atom stereocenters. The van der Waals surface area contributed by atoms with Crippen LogP contribution in [-0.4, -0.2) is 36.4 Å². The van der Waals surface area contributed by atoms with Crippen molar-refractivity contribution in [1.82, 2.24) is 15.0 Å². The molecule has 1 heterocycles. The fraction of sp³-hybridized carbons (Fsp3) is 0.148. The number of benzene rings is 3. The van der Waals surface area contributed by atoms with Crippen molar-refractivity contribution in [2.45, 2.75) is 6.92 Å². The van der Waals surface area contributed by atoms with Crippen molar-refractivity contribution in [1.29, 1.82) is 0 Å². The van der Waals surface area contributed by atoms with E-state index in [0.29, 0.717) is 46.1 Å². The van der Waals surface area contributed by atoms with Crippen LogP contribution < -0.4 is 31.2 Å². The van der Waals surface area contributed by atoms with Crippen LogP contribution in [0.4, 0.5) is 16.4 Å². The maximum atomic E-state index is 13.5. The van der Waals surface area contributed by atoms with Gasteiger partial charge >= 0.3 is 6.03 Å². The molecule has 37 heavy (non-hydrogen) atoms. The highest BCUT2D eigenvalue weighted by Crippen LogP contribution is 2.29. The number of hydrogen-bond donors (Lipinski definition) is 3. The summed E-state index contributed by atoms with van der Waals surface area (Å²) in [5.74, 6) is 1.55. The number of urea groups is 1. The zero-order valence-electron chi connectivity index (χ0n) is 20.7. The third-order valence-electron chi connectivity index (χ3n) is 5.45. The molecular formula is C27H27N5O5. The van der Waals surface area contributed by atoms with Gasteiger partial charge in [0.05, 0.1) is 37.4 Å². The number of ether oxygens (including phenoxy) is 3. The first kappa shape index (κ1) is 25.1. The Morgan fingerprint density at radius 3 is 2.54 bits per heavy atom. The molecule has 0 atom stereocenters. The number of carbonyl (C=O) groups is 1. The molecule has 0 aliphatic heterocycles. The van der Waals surface area contributed by atoms with Crippen LogP contribution in [0.15, 0.2) is 78.1 Å². The van der Waals surface area contributed by atoms with E-state index in [9.17, 15) is 9.59 Å². The van der Waals surface area contributed by atoms with Gasteiger partial charge in [0.15, 0.2) is 11.5 Å². The number of amides is 2. The van der Waals surface area contributed by atoms with Crippen molar-refractivity contribution in [3.05, 3.63) is 89.2 Å². The van der Waals surface area contributed by atoms with Gasteiger partial charge in [-0.2, -0.15) is 0 Å². The second-order valence-electron chi connectivity index (χ2n) is 7.77. The Hall–Kier alpha value is -4.99. The lowest BCUT2D eigenvalue weighted by Gasteiger charge is -2.17. The van der Waals surface area contributed by atoms with Crippen molar-refractivity contribution in [3.63, 3.8) is 0 Å². The predicted octanol–water partition coefficient (Wildman–Crippen LogP) is 4.56. The minimum absolute atomic E-state index is 0.101. The lowest BCUT2D eigenvalue weighted by molar-refractivity contribution is 0.253. The Kier molecular flexibility index (Phi) is 7.58. The molecule has 0 radical (unpaired) electrons. The van der Waals surface area contributed by atoms with E-state index >= 15 is 0 Å². The highest BCUT2D eigenvalue weighted by Gasteiger charge is 2.16. The fourth-order valence-electron chi connectivity index (χ4n) is 3.72. The predicted molar refractivity (Wildman–Crippen MR) is 143 cm³/mol. The third kappa shape index (κ3) is 5.48. The van der Waals surface area contributed by atoms with Crippen molar-refractivity contribution >= 4 is 34.3 Å².